The number of rotatable bonds is 5. The highest BCUT2D eigenvalue weighted by Gasteiger charge is 2.08. The summed E-state index contributed by atoms with van der Waals surface area (Å²) in [5.74, 6) is 0.122. The molecule has 0 unspecified atom stereocenters. The molecule has 0 aliphatic heterocycles. The molecule has 0 saturated carbocycles. The maximum absolute atomic E-state index is 10.9. The normalized spacial score (nSPS) is 10.6. The zero-order valence-corrected chi connectivity index (χ0v) is 13.6. The molecule has 0 amide bonds. The number of aliphatic carboxylic acids is 1. The number of aryl methyl sites for hydroxylation is 1. The van der Waals surface area contributed by atoms with Crippen LogP contribution in [0.1, 0.15) is 16.7 Å². The second-order valence-corrected chi connectivity index (χ2v) is 5.74. The van der Waals surface area contributed by atoms with Crippen LogP contribution in [0.15, 0.2) is 48.5 Å². The van der Waals surface area contributed by atoms with Crippen LogP contribution >= 0.6 is 0 Å². The maximum atomic E-state index is 10.9. The number of nitrogens with two attached hydrogens (primary N) is 1. The van der Waals surface area contributed by atoms with Gasteiger partial charge >= 0.3 is 5.97 Å². The number of amidine groups is 1. The van der Waals surface area contributed by atoms with Crippen LogP contribution in [0.5, 0.6) is 11.6 Å². The minimum Gasteiger partial charge on any atom is -0.481 e. The fourth-order valence-electron chi connectivity index (χ4n) is 2.58. The van der Waals surface area contributed by atoms with E-state index in [1.807, 2.05) is 19.1 Å². The number of nitrogens with one attached hydrogen (secondary N) is 1. The first-order chi connectivity index (χ1) is 11.9. The Labute approximate surface area is 144 Å². The van der Waals surface area contributed by atoms with Crippen molar-refractivity contribution in [1.82, 2.24) is 4.98 Å². The number of pyridine rings is 1. The van der Waals surface area contributed by atoms with Crippen LogP contribution in [0.25, 0.3) is 10.9 Å². The number of hydrogen-bond acceptors (Lipinski definition) is 4. The van der Waals surface area contributed by atoms with Gasteiger partial charge in [0.1, 0.15) is 11.6 Å². The van der Waals surface area contributed by atoms with Crippen molar-refractivity contribution >= 4 is 22.7 Å². The Morgan fingerprint density at radius 1 is 1.20 bits per heavy atom. The number of nitrogen functional groups attached to an aromatic ring is 1. The molecular weight excluding hydrogens is 318 g/mol. The van der Waals surface area contributed by atoms with E-state index in [4.69, 9.17) is 21.0 Å². The van der Waals surface area contributed by atoms with Gasteiger partial charge < -0.3 is 15.6 Å². The Bertz CT molecular complexity index is 966. The van der Waals surface area contributed by atoms with Gasteiger partial charge in [0.25, 0.3) is 0 Å². The Balaban J connectivity index is 1.93. The monoisotopic (exact) mass is 335 g/mol. The molecule has 25 heavy (non-hydrogen) atoms. The van der Waals surface area contributed by atoms with E-state index in [1.165, 1.54) is 0 Å². The van der Waals surface area contributed by atoms with E-state index < -0.39 is 5.97 Å². The van der Waals surface area contributed by atoms with Gasteiger partial charge in [0.05, 0.1) is 11.9 Å². The van der Waals surface area contributed by atoms with Crippen LogP contribution in [0.2, 0.25) is 0 Å². The van der Waals surface area contributed by atoms with Gasteiger partial charge in [-0.25, -0.2) is 4.98 Å². The predicted molar refractivity (Wildman–Crippen MR) is 95.4 cm³/mol. The van der Waals surface area contributed by atoms with Gasteiger partial charge in [0.15, 0.2) is 0 Å². The first kappa shape index (κ1) is 16.4. The molecule has 3 rings (SSSR count). The summed E-state index contributed by atoms with van der Waals surface area (Å²) in [5.41, 5.74) is 8.42. The molecule has 126 valence electrons. The van der Waals surface area contributed by atoms with Crippen LogP contribution in [-0.4, -0.2) is 21.9 Å². The van der Waals surface area contributed by atoms with E-state index in [1.54, 1.807) is 36.4 Å². The average Bonchev–Trinajstić information content (AvgIpc) is 2.54. The Morgan fingerprint density at radius 3 is 2.56 bits per heavy atom. The van der Waals surface area contributed by atoms with Gasteiger partial charge in [-0.15, -0.1) is 0 Å². The molecule has 0 fully saturated rings. The highest BCUT2D eigenvalue weighted by Crippen LogP contribution is 2.26. The molecule has 6 heteroatoms. The summed E-state index contributed by atoms with van der Waals surface area (Å²) in [5, 5.41) is 17.3. The van der Waals surface area contributed by atoms with Gasteiger partial charge in [0, 0.05) is 17.0 Å². The SMILES string of the molecule is Cc1cc(Oc2ccc(C(=N)N)cc2)nc2cc(CC(=O)O)ccc12. The third-order valence-electron chi connectivity index (χ3n) is 3.80. The molecular formula is C19H17N3O3. The van der Waals surface area contributed by atoms with E-state index in [0.29, 0.717) is 28.3 Å². The van der Waals surface area contributed by atoms with E-state index >= 15 is 0 Å². The molecule has 0 aliphatic rings. The second-order valence-electron chi connectivity index (χ2n) is 5.74. The molecule has 0 saturated heterocycles. The molecule has 0 spiro atoms. The number of benzene rings is 2. The maximum Gasteiger partial charge on any atom is 0.307 e. The summed E-state index contributed by atoms with van der Waals surface area (Å²) in [6.07, 6.45) is -0.0474. The molecule has 0 radical (unpaired) electrons. The van der Waals surface area contributed by atoms with Crippen LogP contribution < -0.4 is 10.5 Å². The van der Waals surface area contributed by atoms with Crippen molar-refractivity contribution in [2.75, 3.05) is 0 Å². The minimum atomic E-state index is -0.881. The predicted octanol–water partition coefficient (Wildman–Crippen LogP) is 3.25. The lowest BCUT2D eigenvalue weighted by molar-refractivity contribution is -0.136. The molecule has 0 atom stereocenters. The Morgan fingerprint density at radius 2 is 1.92 bits per heavy atom. The molecule has 1 aromatic heterocycles. The molecule has 4 N–H and O–H groups in total. The lowest BCUT2D eigenvalue weighted by Gasteiger charge is -2.09. The molecule has 2 aromatic carbocycles. The Hall–Kier alpha value is -3.41. The summed E-state index contributed by atoms with van der Waals surface area (Å²) in [6.45, 7) is 1.95. The van der Waals surface area contributed by atoms with E-state index in [2.05, 4.69) is 4.98 Å². The molecule has 3 aromatic rings. The van der Waals surface area contributed by atoms with Gasteiger partial charge in [-0.2, -0.15) is 0 Å². The number of hydrogen-bond donors (Lipinski definition) is 3. The third kappa shape index (κ3) is 3.74. The van der Waals surface area contributed by atoms with E-state index in [9.17, 15) is 4.79 Å². The molecule has 6 nitrogen and oxygen atoms in total. The summed E-state index contributed by atoms with van der Waals surface area (Å²) < 4.78 is 5.78. The van der Waals surface area contributed by atoms with Gasteiger partial charge in [-0.05, 0) is 48.4 Å². The first-order valence-corrected chi connectivity index (χ1v) is 7.67. The minimum absolute atomic E-state index is 0.00261. The topological polar surface area (TPSA) is 109 Å². The summed E-state index contributed by atoms with van der Waals surface area (Å²) in [6, 6.07) is 14.1. The lowest BCUT2D eigenvalue weighted by Crippen LogP contribution is -2.10. The van der Waals surface area contributed by atoms with Crippen molar-refractivity contribution in [3.63, 3.8) is 0 Å². The number of fused-ring (bicyclic) bond motifs is 1. The van der Waals surface area contributed by atoms with Crippen LogP contribution in [0, 0.1) is 12.3 Å². The van der Waals surface area contributed by atoms with Gasteiger partial charge in [-0.3, -0.25) is 10.2 Å². The summed E-state index contributed by atoms with van der Waals surface area (Å²) >= 11 is 0. The van der Waals surface area contributed by atoms with Crippen molar-refractivity contribution in [3.8, 4) is 11.6 Å². The van der Waals surface area contributed by atoms with Gasteiger partial charge in [0.2, 0.25) is 5.88 Å². The zero-order chi connectivity index (χ0) is 18.0. The number of carboxylic acids is 1. The van der Waals surface area contributed by atoms with Crippen molar-refractivity contribution in [2.24, 2.45) is 5.73 Å². The largest absolute Gasteiger partial charge is 0.481 e. The highest BCUT2D eigenvalue weighted by atomic mass is 16.5. The first-order valence-electron chi connectivity index (χ1n) is 7.67. The lowest BCUT2D eigenvalue weighted by atomic mass is 10.1. The Kier molecular flexibility index (Phi) is 4.35. The van der Waals surface area contributed by atoms with Crippen LogP contribution in [0.3, 0.4) is 0 Å². The number of carboxylic acid groups (broad SMARTS) is 1. The summed E-state index contributed by atoms with van der Waals surface area (Å²) in [4.78, 5) is 15.4. The van der Waals surface area contributed by atoms with E-state index in [0.717, 1.165) is 10.9 Å². The fraction of sp³-hybridized carbons (Fsp3) is 0.105. The number of carbonyl (C=O) groups is 1. The van der Waals surface area contributed by atoms with Crippen molar-refractivity contribution in [2.45, 2.75) is 13.3 Å². The standard InChI is InChI=1S/C19H17N3O3/c1-11-8-17(25-14-5-3-13(4-6-14)19(20)21)22-16-9-12(10-18(23)24)2-7-15(11)16/h2-9H,10H2,1H3,(H3,20,21)(H,23,24). The van der Waals surface area contributed by atoms with Crippen molar-refractivity contribution in [1.29, 1.82) is 5.41 Å². The van der Waals surface area contributed by atoms with Gasteiger partial charge in [-0.1, -0.05) is 12.1 Å². The fourth-order valence-corrected chi connectivity index (χ4v) is 2.58. The third-order valence-corrected chi connectivity index (χ3v) is 3.80. The smallest absolute Gasteiger partial charge is 0.307 e. The van der Waals surface area contributed by atoms with Crippen LogP contribution in [0.4, 0.5) is 0 Å². The zero-order valence-electron chi connectivity index (χ0n) is 13.6. The van der Waals surface area contributed by atoms with Crippen molar-refractivity contribution in [3.05, 3.63) is 65.2 Å². The highest BCUT2D eigenvalue weighted by molar-refractivity contribution is 5.95. The quantitative estimate of drug-likeness (QED) is 0.490. The molecule has 1 heterocycles. The molecule has 0 aliphatic carbocycles. The summed E-state index contributed by atoms with van der Waals surface area (Å²) in [7, 11) is 0. The van der Waals surface area contributed by atoms with Crippen LogP contribution in [-0.2, 0) is 11.2 Å². The number of nitrogens with zero attached hydrogens (tertiary/aromatic N) is 1. The molecule has 0 bridgehead atoms. The second kappa shape index (κ2) is 6.60. The number of ether oxygens (including phenoxy) is 1. The van der Waals surface area contributed by atoms with Crippen molar-refractivity contribution < 1.29 is 14.6 Å². The average molecular weight is 335 g/mol. The number of aromatic nitrogens is 1. The van der Waals surface area contributed by atoms with E-state index in [-0.39, 0.29) is 12.3 Å².